The largest absolute Gasteiger partial charge is 0.396 e. The van der Waals surface area contributed by atoms with Crippen LogP contribution in [0.2, 0.25) is 0 Å². The van der Waals surface area contributed by atoms with Crippen LogP contribution in [0, 0.1) is 0 Å². The van der Waals surface area contributed by atoms with Gasteiger partial charge < -0.3 is 15.0 Å². The third-order valence-electron chi connectivity index (χ3n) is 2.22. The SMILES string of the molecule is CC(C)n1cc(Br)cc1C(=O)NCCCO. The van der Waals surface area contributed by atoms with Crippen LogP contribution in [0.5, 0.6) is 0 Å². The Kier molecular flexibility index (Phi) is 5.02. The summed E-state index contributed by atoms with van der Waals surface area (Å²) < 4.78 is 2.81. The Morgan fingerprint density at radius 1 is 1.62 bits per heavy atom. The minimum Gasteiger partial charge on any atom is -0.396 e. The van der Waals surface area contributed by atoms with Gasteiger partial charge in [0, 0.05) is 29.9 Å². The first kappa shape index (κ1) is 13.3. The first-order valence-electron chi connectivity index (χ1n) is 5.32. The van der Waals surface area contributed by atoms with Gasteiger partial charge in [0.15, 0.2) is 0 Å². The highest BCUT2D eigenvalue weighted by Gasteiger charge is 2.14. The van der Waals surface area contributed by atoms with Crippen LogP contribution in [-0.2, 0) is 0 Å². The van der Waals surface area contributed by atoms with Gasteiger partial charge in [0.1, 0.15) is 5.69 Å². The molecule has 90 valence electrons. The minimum absolute atomic E-state index is 0.0924. The zero-order chi connectivity index (χ0) is 12.1. The summed E-state index contributed by atoms with van der Waals surface area (Å²) in [7, 11) is 0. The second-order valence-electron chi connectivity index (χ2n) is 3.88. The van der Waals surface area contributed by atoms with E-state index in [1.807, 2.05) is 24.6 Å². The molecule has 0 saturated carbocycles. The molecule has 1 amide bonds. The van der Waals surface area contributed by atoms with Crippen LogP contribution in [0.25, 0.3) is 0 Å². The van der Waals surface area contributed by atoms with Gasteiger partial charge >= 0.3 is 0 Å². The molecule has 1 aromatic heterocycles. The first-order chi connectivity index (χ1) is 7.56. The highest BCUT2D eigenvalue weighted by atomic mass is 79.9. The lowest BCUT2D eigenvalue weighted by Gasteiger charge is -2.12. The van der Waals surface area contributed by atoms with Crippen LogP contribution >= 0.6 is 15.9 Å². The fourth-order valence-electron chi connectivity index (χ4n) is 1.43. The predicted octanol–water partition coefficient (Wildman–Crippen LogP) is 1.94. The van der Waals surface area contributed by atoms with Crippen LogP contribution in [0.4, 0.5) is 0 Å². The highest BCUT2D eigenvalue weighted by molar-refractivity contribution is 9.10. The number of aromatic nitrogens is 1. The van der Waals surface area contributed by atoms with E-state index in [-0.39, 0.29) is 18.6 Å². The summed E-state index contributed by atoms with van der Waals surface area (Å²) in [6.07, 6.45) is 2.47. The molecule has 4 nitrogen and oxygen atoms in total. The van der Waals surface area contributed by atoms with Gasteiger partial charge in [-0.05, 0) is 42.3 Å². The Morgan fingerprint density at radius 3 is 2.88 bits per heavy atom. The molecule has 0 aliphatic rings. The molecule has 0 bridgehead atoms. The number of carbonyl (C=O) groups is 1. The molecule has 0 fully saturated rings. The number of rotatable bonds is 5. The lowest BCUT2D eigenvalue weighted by Crippen LogP contribution is -2.27. The van der Waals surface area contributed by atoms with Crippen molar-refractivity contribution in [3.8, 4) is 0 Å². The third kappa shape index (κ3) is 3.35. The van der Waals surface area contributed by atoms with Crippen molar-refractivity contribution in [3.05, 3.63) is 22.4 Å². The summed E-state index contributed by atoms with van der Waals surface area (Å²) in [5, 5.41) is 11.4. The number of aliphatic hydroxyl groups is 1. The van der Waals surface area contributed by atoms with Gasteiger partial charge in [0.25, 0.3) is 5.91 Å². The normalized spacial score (nSPS) is 10.8. The van der Waals surface area contributed by atoms with Crippen molar-refractivity contribution < 1.29 is 9.90 Å². The molecule has 2 N–H and O–H groups in total. The summed E-state index contributed by atoms with van der Waals surface area (Å²) in [5.41, 5.74) is 0.639. The van der Waals surface area contributed by atoms with Crippen LogP contribution in [0.1, 0.15) is 36.8 Å². The quantitative estimate of drug-likeness (QED) is 0.814. The third-order valence-corrected chi connectivity index (χ3v) is 2.66. The molecule has 16 heavy (non-hydrogen) atoms. The number of hydrogen-bond donors (Lipinski definition) is 2. The van der Waals surface area contributed by atoms with Crippen LogP contribution in [0.3, 0.4) is 0 Å². The maximum absolute atomic E-state index is 11.8. The van der Waals surface area contributed by atoms with Crippen LogP contribution < -0.4 is 5.32 Å². The van der Waals surface area contributed by atoms with Gasteiger partial charge in [-0.1, -0.05) is 0 Å². The maximum atomic E-state index is 11.8. The van der Waals surface area contributed by atoms with Gasteiger partial charge in [0.05, 0.1) is 0 Å². The van der Waals surface area contributed by atoms with Crippen molar-refractivity contribution in [1.29, 1.82) is 0 Å². The van der Waals surface area contributed by atoms with E-state index in [1.54, 1.807) is 6.07 Å². The molecule has 5 heteroatoms. The fourth-order valence-corrected chi connectivity index (χ4v) is 1.86. The lowest BCUT2D eigenvalue weighted by atomic mass is 10.3. The zero-order valence-electron chi connectivity index (χ0n) is 9.53. The molecule has 0 radical (unpaired) electrons. The van der Waals surface area contributed by atoms with Crippen molar-refractivity contribution in [2.75, 3.05) is 13.2 Å². The molecule has 0 spiro atoms. The van der Waals surface area contributed by atoms with Gasteiger partial charge in [-0.15, -0.1) is 0 Å². The average molecular weight is 289 g/mol. The number of hydrogen-bond acceptors (Lipinski definition) is 2. The van der Waals surface area contributed by atoms with Gasteiger partial charge in [-0.2, -0.15) is 0 Å². The van der Waals surface area contributed by atoms with E-state index < -0.39 is 0 Å². The Balaban J connectivity index is 2.74. The molecule has 0 aromatic carbocycles. The Hall–Kier alpha value is -0.810. The van der Waals surface area contributed by atoms with Crippen LogP contribution in [-0.4, -0.2) is 28.7 Å². The Bertz CT molecular complexity index is 361. The Labute approximate surface area is 104 Å². The molecule has 0 saturated heterocycles. The fraction of sp³-hybridized carbons (Fsp3) is 0.545. The van der Waals surface area contributed by atoms with E-state index in [4.69, 9.17) is 5.11 Å². The summed E-state index contributed by atoms with van der Waals surface area (Å²) in [6, 6.07) is 2.04. The van der Waals surface area contributed by atoms with Crippen LogP contribution in [0.15, 0.2) is 16.7 Å². The number of amides is 1. The average Bonchev–Trinajstić information content (AvgIpc) is 2.61. The molecule has 0 atom stereocenters. The monoisotopic (exact) mass is 288 g/mol. The molecular formula is C11H17BrN2O2. The number of halogens is 1. The molecule has 0 unspecified atom stereocenters. The van der Waals surface area contributed by atoms with E-state index >= 15 is 0 Å². The van der Waals surface area contributed by atoms with E-state index in [2.05, 4.69) is 21.2 Å². The second kappa shape index (κ2) is 6.06. The zero-order valence-corrected chi connectivity index (χ0v) is 11.1. The number of carbonyl (C=O) groups excluding carboxylic acids is 1. The van der Waals surface area contributed by atoms with Crippen molar-refractivity contribution in [2.45, 2.75) is 26.3 Å². The topological polar surface area (TPSA) is 54.3 Å². The standard InChI is InChI=1S/C11H17BrN2O2/c1-8(2)14-7-9(12)6-10(14)11(16)13-4-3-5-15/h6-8,15H,3-5H2,1-2H3,(H,13,16). The van der Waals surface area contributed by atoms with Crippen molar-refractivity contribution >= 4 is 21.8 Å². The summed E-state index contributed by atoms with van der Waals surface area (Å²) in [5.74, 6) is -0.104. The maximum Gasteiger partial charge on any atom is 0.267 e. The Morgan fingerprint density at radius 2 is 2.31 bits per heavy atom. The summed E-state index contributed by atoms with van der Waals surface area (Å²) in [4.78, 5) is 11.8. The molecule has 1 rings (SSSR count). The number of aliphatic hydroxyl groups excluding tert-OH is 1. The second-order valence-corrected chi connectivity index (χ2v) is 4.79. The van der Waals surface area contributed by atoms with E-state index in [9.17, 15) is 4.79 Å². The minimum atomic E-state index is -0.104. The summed E-state index contributed by atoms with van der Waals surface area (Å²) in [6.45, 7) is 4.64. The molecule has 1 heterocycles. The first-order valence-corrected chi connectivity index (χ1v) is 6.12. The predicted molar refractivity (Wildman–Crippen MR) is 66.6 cm³/mol. The van der Waals surface area contributed by atoms with E-state index in [0.717, 1.165) is 4.47 Å². The van der Waals surface area contributed by atoms with E-state index in [0.29, 0.717) is 18.7 Å². The van der Waals surface area contributed by atoms with Gasteiger partial charge in [-0.3, -0.25) is 4.79 Å². The number of nitrogens with zero attached hydrogens (tertiary/aromatic N) is 1. The lowest BCUT2D eigenvalue weighted by molar-refractivity contribution is 0.0940. The van der Waals surface area contributed by atoms with Gasteiger partial charge in [-0.25, -0.2) is 0 Å². The molecular weight excluding hydrogens is 272 g/mol. The van der Waals surface area contributed by atoms with E-state index in [1.165, 1.54) is 0 Å². The van der Waals surface area contributed by atoms with Crippen molar-refractivity contribution in [1.82, 2.24) is 9.88 Å². The number of nitrogens with one attached hydrogen (secondary N) is 1. The smallest absolute Gasteiger partial charge is 0.267 e. The molecule has 0 aliphatic carbocycles. The highest BCUT2D eigenvalue weighted by Crippen LogP contribution is 2.19. The summed E-state index contributed by atoms with van der Waals surface area (Å²) >= 11 is 3.36. The van der Waals surface area contributed by atoms with Gasteiger partial charge in [0.2, 0.25) is 0 Å². The van der Waals surface area contributed by atoms with Crippen molar-refractivity contribution in [2.24, 2.45) is 0 Å². The van der Waals surface area contributed by atoms with Crippen molar-refractivity contribution in [3.63, 3.8) is 0 Å². The molecule has 0 aliphatic heterocycles. The molecule has 1 aromatic rings.